The summed E-state index contributed by atoms with van der Waals surface area (Å²) in [6.45, 7) is 0.250. The van der Waals surface area contributed by atoms with Crippen LogP contribution in [0.3, 0.4) is 0 Å². The van der Waals surface area contributed by atoms with Crippen LogP contribution in [0.4, 0.5) is 4.39 Å². The highest BCUT2D eigenvalue weighted by atomic mass is 35.5. The highest BCUT2D eigenvalue weighted by Gasteiger charge is 2.32. The van der Waals surface area contributed by atoms with E-state index in [1.165, 1.54) is 29.4 Å². The first-order chi connectivity index (χ1) is 10.6. The summed E-state index contributed by atoms with van der Waals surface area (Å²) in [5.41, 5.74) is 0.183. The number of nitrogens with zero attached hydrogens (tertiary/aromatic N) is 1. The molecule has 7 heteroatoms. The predicted octanol–water partition coefficient (Wildman–Crippen LogP) is 4.47. The molecule has 1 saturated heterocycles. The van der Waals surface area contributed by atoms with Crippen LogP contribution in [-0.4, -0.2) is 15.1 Å². The van der Waals surface area contributed by atoms with Crippen LogP contribution in [0, 0.1) is 5.82 Å². The molecular formula is C15H9ClFNO2S2. The lowest BCUT2D eigenvalue weighted by molar-refractivity contribution is -0.122. The number of amides is 1. The van der Waals surface area contributed by atoms with Crippen molar-refractivity contribution in [3.63, 3.8) is 0 Å². The first-order valence-electron chi connectivity index (χ1n) is 6.28. The second-order valence-corrected chi connectivity index (χ2v) is 6.57. The van der Waals surface area contributed by atoms with Crippen molar-refractivity contribution in [2.45, 2.75) is 6.54 Å². The van der Waals surface area contributed by atoms with E-state index in [1.807, 2.05) is 0 Å². The van der Waals surface area contributed by atoms with Crippen LogP contribution >= 0.6 is 35.6 Å². The highest BCUT2D eigenvalue weighted by molar-refractivity contribution is 8.26. The summed E-state index contributed by atoms with van der Waals surface area (Å²) in [7, 11) is 0. The number of hydrogen-bond acceptors (Lipinski definition) is 4. The third-order valence-electron chi connectivity index (χ3n) is 3.04. The van der Waals surface area contributed by atoms with E-state index in [1.54, 1.807) is 18.2 Å². The van der Waals surface area contributed by atoms with Crippen molar-refractivity contribution in [1.82, 2.24) is 4.90 Å². The molecule has 2 aromatic rings. The molecule has 0 unspecified atom stereocenters. The number of benzene rings is 1. The summed E-state index contributed by atoms with van der Waals surface area (Å²) in [5, 5.41) is 0.247. The standard InChI is InChI=1S/C15H9ClFNO2S2/c16-11-4-1-5-12(17)10(11)7-13-14(19)18(15(21)22-13)8-9-3-2-6-20-9/h1-7H,8H2/b13-7+. The lowest BCUT2D eigenvalue weighted by Crippen LogP contribution is -2.27. The fourth-order valence-corrected chi connectivity index (χ4v) is 3.43. The Balaban J connectivity index is 1.89. The van der Waals surface area contributed by atoms with Gasteiger partial charge in [0, 0.05) is 5.56 Å². The van der Waals surface area contributed by atoms with Gasteiger partial charge in [0.2, 0.25) is 0 Å². The van der Waals surface area contributed by atoms with Gasteiger partial charge in [-0.05, 0) is 30.3 Å². The van der Waals surface area contributed by atoms with Gasteiger partial charge in [-0.15, -0.1) is 0 Å². The Kier molecular flexibility index (Phi) is 4.33. The van der Waals surface area contributed by atoms with Crippen molar-refractivity contribution >= 4 is 51.9 Å². The number of hydrogen-bond donors (Lipinski definition) is 0. The summed E-state index contributed by atoms with van der Waals surface area (Å²) >= 11 is 12.3. The van der Waals surface area contributed by atoms with E-state index in [-0.39, 0.29) is 23.0 Å². The van der Waals surface area contributed by atoms with E-state index in [4.69, 9.17) is 28.2 Å². The lowest BCUT2D eigenvalue weighted by Gasteiger charge is -2.12. The van der Waals surface area contributed by atoms with E-state index < -0.39 is 5.82 Å². The summed E-state index contributed by atoms with van der Waals surface area (Å²) < 4.78 is 19.4. The van der Waals surface area contributed by atoms with E-state index in [0.717, 1.165) is 11.8 Å². The normalized spacial score (nSPS) is 16.8. The summed E-state index contributed by atoms with van der Waals surface area (Å²) in [5.74, 6) is -0.143. The quantitative estimate of drug-likeness (QED) is 0.602. The van der Waals surface area contributed by atoms with Crippen molar-refractivity contribution < 1.29 is 13.6 Å². The molecule has 0 bridgehead atoms. The van der Waals surface area contributed by atoms with Gasteiger partial charge < -0.3 is 4.42 Å². The van der Waals surface area contributed by atoms with E-state index in [0.29, 0.717) is 15.0 Å². The number of carbonyl (C=O) groups excluding carboxylic acids is 1. The second-order valence-electron chi connectivity index (χ2n) is 4.48. The van der Waals surface area contributed by atoms with Crippen LogP contribution in [0.25, 0.3) is 6.08 Å². The molecular weight excluding hydrogens is 345 g/mol. The van der Waals surface area contributed by atoms with Gasteiger partial charge in [0.1, 0.15) is 15.9 Å². The van der Waals surface area contributed by atoms with Crippen molar-refractivity contribution in [3.05, 3.63) is 63.7 Å². The Bertz CT molecular complexity index is 754. The van der Waals surface area contributed by atoms with Crippen molar-refractivity contribution in [2.24, 2.45) is 0 Å². The van der Waals surface area contributed by atoms with Crippen LogP contribution in [0.1, 0.15) is 11.3 Å². The number of rotatable bonds is 3. The average Bonchev–Trinajstić information content (AvgIpc) is 3.07. The van der Waals surface area contributed by atoms with Crippen molar-refractivity contribution in [3.8, 4) is 0 Å². The summed E-state index contributed by atoms with van der Waals surface area (Å²) in [6, 6.07) is 7.87. The maximum atomic E-state index is 13.8. The van der Waals surface area contributed by atoms with Gasteiger partial charge in [0.15, 0.2) is 0 Å². The Morgan fingerprint density at radius 2 is 2.18 bits per heavy atom. The maximum absolute atomic E-state index is 13.8. The number of furan rings is 1. The van der Waals surface area contributed by atoms with Gasteiger partial charge >= 0.3 is 0 Å². The third kappa shape index (κ3) is 2.95. The van der Waals surface area contributed by atoms with Gasteiger partial charge in [0.05, 0.1) is 22.7 Å². The van der Waals surface area contributed by atoms with Crippen molar-refractivity contribution in [2.75, 3.05) is 0 Å². The van der Waals surface area contributed by atoms with Gasteiger partial charge in [-0.1, -0.05) is 41.6 Å². The Labute approximate surface area is 140 Å². The zero-order valence-corrected chi connectivity index (χ0v) is 13.5. The minimum Gasteiger partial charge on any atom is -0.467 e. The van der Waals surface area contributed by atoms with Gasteiger partial charge in [0.25, 0.3) is 5.91 Å². The molecule has 1 fully saturated rings. The Morgan fingerprint density at radius 1 is 1.36 bits per heavy atom. The van der Waals surface area contributed by atoms with Crippen molar-refractivity contribution in [1.29, 1.82) is 0 Å². The molecule has 2 heterocycles. The molecule has 1 aromatic carbocycles. The first-order valence-corrected chi connectivity index (χ1v) is 7.88. The zero-order chi connectivity index (χ0) is 15.7. The molecule has 0 spiro atoms. The molecule has 1 aromatic heterocycles. The second kappa shape index (κ2) is 6.24. The van der Waals surface area contributed by atoms with Crippen LogP contribution in [0.5, 0.6) is 0 Å². The molecule has 0 N–H and O–H groups in total. The molecule has 1 aliphatic rings. The predicted molar refractivity (Wildman–Crippen MR) is 88.8 cm³/mol. The van der Waals surface area contributed by atoms with Gasteiger partial charge in [-0.25, -0.2) is 4.39 Å². The first kappa shape index (κ1) is 15.3. The fraction of sp³-hybridized carbons (Fsp3) is 0.0667. The molecule has 1 amide bonds. The molecule has 0 radical (unpaired) electrons. The van der Waals surface area contributed by atoms with Crippen LogP contribution < -0.4 is 0 Å². The van der Waals surface area contributed by atoms with Gasteiger partial charge in [-0.3, -0.25) is 9.69 Å². The minimum absolute atomic E-state index is 0.183. The van der Waals surface area contributed by atoms with Crippen LogP contribution in [0.2, 0.25) is 5.02 Å². The minimum atomic E-state index is -0.483. The molecule has 0 saturated carbocycles. The summed E-state index contributed by atoms with van der Waals surface area (Å²) in [4.78, 5) is 14.2. The highest BCUT2D eigenvalue weighted by Crippen LogP contribution is 2.35. The number of thioether (sulfide) groups is 1. The Hall–Kier alpha value is -1.63. The average molecular weight is 354 g/mol. The molecule has 0 aliphatic carbocycles. The number of thiocarbonyl (C=S) groups is 1. The SMILES string of the molecule is O=C1/C(=C\c2c(F)cccc2Cl)SC(=S)N1Cc1ccco1. The largest absolute Gasteiger partial charge is 0.467 e. The number of carbonyl (C=O) groups is 1. The zero-order valence-electron chi connectivity index (χ0n) is 11.1. The molecule has 0 atom stereocenters. The fourth-order valence-electron chi connectivity index (χ4n) is 1.97. The van der Waals surface area contributed by atoms with E-state index >= 15 is 0 Å². The molecule has 22 heavy (non-hydrogen) atoms. The van der Waals surface area contributed by atoms with E-state index in [2.05, 4.69) is 0 Å². The van der Waals surface area contributed by atoms with E-state index in [9.17, 15) is 9.18 Å². The van der Waals surface area contributed by atoms with Gasteiger partial charge in [-0.2, -0.15) is 0 Å². The number of halogens is 2. The smallest absolute Gasteiger partial charge is 0.266 e. The molecule has 3 nitrogen and oxygen atoms in total. The maximum Gasteiger partial charge on any atom is 0.266 e. The molecule has 3 rings (SSSR count). The van der Waals surface area contributed by atoms with Crippen LogP contribution in [-0.2, 0) is 11.3 Å². The molecule has 1 aliphatic heterocycles. The monoisotopic (exact) mass is 353 g/mol. The molecule has 112 valence electrons. The third-order valence-corrected chi connectivity index (χ3v) is 4.75. The Morgan fingerprint density at radius 3 is 2.86 bits per heavy atom. The van der Waals surface area contributed by atoms with Crippen LogP contribution in [0.15, 0.2) is 45.9 Å². The summed E-state index contributed by atoms with van der Waals surface area (Å²) in [6.07, 6.45) is 2.96. The lowest BCUT2D eigenvalue weighted by atomic mass is 10.2. The topological polar surface area (TPSA) is 33.5 Å².